The molecule has 1 aliphatic rings. The van der Waals surface area contributed by atoms with Crippen LogP contribution in [0.25, 0.3) is 0 Å². The summed E-state index contributed by atoms with van der Waals surface area (Å²) < 4.78 is 36.7. The maximum atomic E-state index is 12.2. The molecule has 1 aliphatic carbocycles. The van der Waals surface area contributed by atoms with E-state index in [-0.39, 0.29) is 11.4 Å². The van der Waals surface area contributed by atoms with E-state index in [1.807, 2.05) is 0 Å². The van der Waals surface area contributed by atoms with E-state index in [9.17, 15) is 22.8 Å². The first kappa shape index (κ1) is 15.1. The fourth-order valence-corrected chi connectivity index (χ4v) is 1.58. The fourth-order valence-electron chi connectivity index (χ4n) is 1.58. The number of anilines is 2. The van der Waals surface area contributed by atoms with Gasteiger partial charge in [-0.05, 0) is 37.0 Å². The monoisotopic (exact) mass is 298 g/mol. The second-order valence-corrected chi connectivity index (χ2v) is 4.68. The lowest BCUT2D eigenvalue weighted by Gasteiger charge is -2.12. The van der Waals surface area contributed by atoms with Gasteiger partial charge in [-0.2, -0.15) is 13.2 Å². The molecule has 7 heteroatoms. The molecule has 1 aromatic rings. The molecular formula is C14H13F3N2O2. The molecule has 112 valence electrons. The molecular weight excluding hydrogens is 285 g/mol. The molecule has 0 aliphatic heterocycles. The number of rotatable bonds is 4. The van der Waals surface area contributed by atoms with Crippen LogP contribution >= 0.6 is 0 Å². The van der Waals surface area contributed by atoms with E-state index in [1.54, 1.807) is 17.5 Å². The number of amides is 2. The molecule has 0 unspecified atom stereocenters. The van der Waals surface area contributed by atoms with Crippen LogP contribution in [-0.4, -0.2) is 18.0 Å². The van der Waals surface area contributed by atoms with Crippen LogP contribution in [0.5, 0.6) is 0 Å². The molecule has 0 spiro atoms. The lowest BCUT2D eigenvalue weighted by Crippen LogP contribution is -2.30. The van der Waals surface area contributed by atoms with Crippen LogP contribution in [0.3, 0.4) is 0 Å². The molecule has 2 amide bonds. The van der Waals surface area contributed by atoms with E-state index < -0.39 is 18.0 Å². The molecule has 4 nitrogen and oxygen atoms in total. The van der Waals surface area contributed by atoms with Crippen molar-refractivity contribution >= 4 is 23.2 Å². The molecule has 0 bridgehead atoms. The Bertz CT molecular complexity index is 578. The summed E-state index contributed by atoms with van der Waals surface area (Å²) in [6, 6.07) is 5.70. The van der Waals surface area contributed by atoms with Crippen LogP contribution in [0.2, 0.25) is 0 Å². The molecule has 0 heterocycles. The standard InChI is InChI=1S/C14H13F3N2O2/c15-14(16,17)13(21)19-11-4-2-1-3-10(11)18-12(20)8-7-9-5-6-9/h1-4,7-9H,5-6H2,(H,18,20)(H,19,21)/b8-7+. The molecule has 1 aromatic carbocycles. The predicted molar refractivity (Wildman–Crippen MR) is 71.6 cm³/mol. The minimum Gasteiger partial charge on any atom is -0.321 e. The van der Waals surface area contributed by atoms with Gasteiger partial charge in [0, 0.05) is 0 Å². The van der Waals surface area contributed by atoms with Gasteiger partial charge in [0.05, 0.1) is 11.4 Å². The molecule has 0 radical (unpaired) electrons. The molecule has 0 atom stereocenters. The van der Waals surface area contributed by atoms with E-state index >= 15 is 0 Å². The van der Waals surface area contributed by atoms with Gasteiger partial charge < -0.3 is 10.6 Å². The number of benzene rings is 1. The molecule has 2 rings (SSSR count). The first-order valence-electron chi connectivity index (χ1n) is 6.32. The maximum Gasteiger partial charge on any atom is 0.471 e. The van der Waals surface area contributed by atoms with Crippen molar-refractivity contribution in [3.05, 3.63) is 36.4 Å². The Morgan fingerprint density at radius 3 is 2.19 bits per heavy atom. The number of carbonyl (C=O) groups excluding carboxylic acids is 2. The minimum atomic E-state index is -4.98. The molecule has 0 saturated heterocycles. The van der Waals surface area contributed by atoms with Crippen LogP contribution in [0.1, 0.15) is 12.8 Å². The van der Waals surface area contributed by atoms with Gasteiger partial charge in [-0.25, -0.2) is 0 Å². The van der Waals surface area contributed by atoms with Gasteiger partial charge in [0.1, 0.15) is 0 Å². The quantitative estimate of drug-likeness (QED) is 0.839. The summed E-state index contributed by atoms with van der Waals surface area (Å²) in [7, 11) is 0. The normalized spacial score (nSPS) is 15.0. The summed E-state index contributed by atoms with van der Waals surface area (Å²) in [6.07, 6.45) is 0.208. The summed E-state index contributed by atoms with van der Waals surface area (Å²) in [5.74, 6) is -2.12. The third-order valence-corrected chi connectivity index (χ3v) is 2.83. The Kier molecular flexibility index (Phi) is 4.30. The highest BCUT2D eigenvalue weighted by atomic mass is 19.4. The summed E-state index contributed by atoms with van der Waals surface area (Å²) in [4.78, 5) is 22.6. The lowest BCUT2D eigenvalue weighted by molar-refractivity contribution is -0.167. The van der Waals surface area contributed by atoms with Crippen LogP contribution < -0.4 is 10.6 Å². The first-order valence-corrected chi connectivity index (χ1v) is 6.32. The smallest absolute Gasteiger partial charge is 0.321 e. The van der Waals surface area contributed by atoms with Gasteiger partial charge in [0.2, 0.25) is 5.91 Å². The van der Waals surface area contributed by atoms with E-state index in [0.717, 1.165) is 12.8 Å². The number of alkyl halides is 3. The lowest BCUT2D eigenvalue weighted by atomic mass is 10.2. The zero-order chi connectivity index (χ0) is 15.5. The molecule has 1 saturated carbocycles. The number of hydrogen-bond donors (Lipinski definition) is 2. The van der Waals surface area contributed by atoms with Crippen LogP contribution in [-0.2, 0) is 9.59 Å². The van der Waals surface area contributed by atoms with Crippen molar-refractivity contribution in [1.29, 1.82) is 0 Å². The van der Waals surface area contributed by atoms with Crippen molar-refractivity contribution in [2.45, 2.75) is 19.0 Å². The number of para-hydroxylation sites is 2. The summed E-state index contributed by atoms with van der Waals surface area (Å²) in [6.45, 7) is 0. The largest absolute Gasteiger partial charge is 0.471 e. The zero-order valence-electron chi connectivity index (χ0n) is 10.9. The Hall–Kier alpha value is -2.31. The number of halogens is 3. The Labute approximate surface area is 119 Å². The van der Waals surface area contributed by atoms with E-state index in [0.29, 0.717) is 5.92 Å². The topological polar surface area (TPSA) is 58.2 Å². The molecule has 0 aromatic heterocycles. The average Bonchev–Trinajstić information content (AvgIpc) is 3.21. The van der Waals surface area contributed by atoms with Gasteiger partial charge in [0.25, 0.3) is 0 Å². The maximum absolute atomic E-state index is 12.2. The van der Waals surface area contributed by atoms with Crippen LogP contribution in [0.4, 0.5) is 24.5 Å². The predicted octanol–water partition coefficient (Wildman–Crippen LogP) is 3.09. The van der Waals surface area contributed by atoms with Crippen molar-refractivity contribution < 1.29 is 22.8 Å². The average molecular weight is 298 g/mol. The third kappa shape index (κ3) is 4.62. The van der Waals surface area contributed by atoms with Gasteiger partial charge in [-0.3, -0.25) is 9.59 Å². The Morgan fingerprint density at radius 2 is 1.67 bits per heavy atom. The molecule has 21 heavy (non-hydrogen) atoms. The molecule has 1 fully saturated rings. The molecule has 2 N–H and O–H groups in total. The van der Waals surface area contributed by atoms with E-state index in [4.69, 9.17) is 0 Å². The third-order valence-electron chi connectivity index (χ3n) is 2.83. The highest BCUT2D eigenvalue weighted by molar-refractivity contribution is 6.04. The van der Waals surface area contributed by atoms with Crippen molar-refractivity contribution in [1.82, 2.24) is 0 Å². The summed E-state index contributed by atoms with van der Waals surface area (Å²) in [5.41, 5.74) is 0.00791. The van der Waals surface area contributed by atoms with E-state index in [2.05, 4.69) is 5.32 Å². The van der Waals surface area contributed by atoms with Gasteiger partial charge in [-0.1, -0.05) is 18.2 Å². The number of nitrogens with one attached hydrogen (secondary N) is 2. The second-order valence-electron chi connectivity index (χ2n) is 4.68. The van der Waals surface area contributed by atoms with Gasteiger partial charge in [-0.15, -0.1) is 0 Å². The van der Waals surface area contributed by atoms with Gasteiger partial charge >= 0.3 is 12.1 Å². The highest BCUT2D eigenvalue weighted by Gasteiger charge is 2.38. The van der Waals surface area contributed by atoms with Gasteiger partial charge in [0.15, 0.2) is 0 Å². The van der Waals surface area contributed by atoms with Crippen LogP contribution in [0.15, 0.2) is 36.4 Å². The van der Waals surface area contributed by atoms with Crippen molar-refractivity contribution in [2.24, 2.45) is 5.92 Å². The van der Waals surface area contributed by atoms with Crippen molar-refractivity contribution in [2.75, 3.05) is 10.6 Å². The second kappa shape index (κ2) is 5.99. The van der Waals surface area contributed by atoms with Crippen molar-refractivity contribution in [3.63, 3.8) is 0 Å². The highest BCUT2D eigenvalue weighted by Crippen LogP contribution is 2.30. The van der Waals surface area contributed by atoms with Crippen LogP contribution in [0, 0.1) is 5.92 Å². The van der Waals surface area contributed by atoms with E-state index in [1.165, 1.54) is 24.3 Å². The van der Waals surface area contributed by atoms with Crippen molar-refractivity contribution in [3.8, 4) is 0 Å². The number of hydrogen-bond acceptors (Lipinski definition) is 2. The summed E-state index contributed by atoms with van der Waals surface area (Å²) >= 11 is 0. The zero-order valence-corrected chi connectivity index (χ0v) is 10.9. The number of allylic oxidation sites excluding steroid dienone is 1. The minimum absolute atomic E-state index is 0.104. The fraction of sp³-hybridized carbons (Fsp3) is 0.286. The Balaban J connectivity index is 2.05. The number of carbonyl (C=O) groups is 2. The first-order chi connectivity index (χ1) is 9.86. The Morgan fingerprint density at radius 1 is 1.10 bits per heavy atom. The summed E-state index contributed by atoms with van der Waals surface area (Å²) in [5, 5.41) is 4.17. The SMILES string of the molecule is O=C(/C=C/C1CC1)Nc1ccccc1NC(=O)C(F)(F)F.